The molecule has 0 saturated carbocycles. The summed E-state index contributed by atoms with van der Waals surface area (Å²) in [7, 11) is 1.55. The van der Waals surface area contributed by atoms with Crippen LogP contribution in [-0.2, 0) is 21.0 Å². The maximum absolute atomic E-state index is 13.3. The van der Waals surface area contributed by atoms with Gasteiger partial charge in [0, 0.05) is 18.2 Å². The molecule has 0 bridgehead atoms. The van der Waals surface area contributed by atoms with Crippen LogP contribution < -0.4 is 25.0 Å². The number of anilines is 2. The van der Waals surface area contributed by atoms with E-state index in [-0.39, 0.29) is 23.2 Å². The molecule has 188 valence electrons. The Morgan fingerprint density at radius 1 is 1.05 bits per heavy atom. The van der Waals surface area contributed by atoms with Gasteiger partial charge in [-0.2, -0.15) is 0 Å². The van der Waals surface area contributed by atoms with Gasteiger partial charge >= 0.3 is 0 Å². The number of benzene rings is 3. The SMILES string of the molecule is COc1ccc(/C=C2\C(=O)NC(=S)N(c3ccc(C)cc3)C2=O)cc1COc1ccc(NC(C)=O)cc1. The standard InChI is InChI=1S/C28H25N3O5S/c1-17-4-9-22(10-5-17)31-27(34)24(26(33)30-28(31)37)15-19-6-13-25(35-3)20(14-19)16-36-23-11-7-21(8-12-23)29-18(2)32/h4-15H,16H2,1-3H3,(H,29,32)(H,30,33,37)/b24-15+. The number of carbonyl (C=O) groups excluding carboxylic acids is 3. The van der Waals surface area contributed by atoms with Crippen LogP contribution in [0.3, 0.4) is 0 Å². The van der Waals surface area contributed by atoms with Crippen LogP contribution in [0.1, 0.15) is 23.6 Å². The molecule has 0 spiro atoms. The van der Waals surface area contributed by atoms with Crippen LogP contribution in [0.5, 0.6) is 11.5 Å². The summed E-state index contributed by atoms with van der Waals surface area (Å²) in [4.78, 5) is 38.5. The maximum atomic E-state index is 13.3. The number of aryl methyl sites for hydroxylation is 1. The molecule has 1 aliphatic rings. The van der Waals surface area contributed by atoms with Crippen molar-refractivity contribution in [3.63, 3.8) is 0 Å². The Labute approximate surface area is 219 Å². The quantitative estimate of drug-likeness (QED) is 0.276. The van der Waals surface area contributed by atoms with E-state index in [0.717, 1.165) is 11.1 Å². The molecule has 3 amide bonds. The van der Waals surface area contributed by atoms with E-state index in [1.54, 1.807) is 61.7 Å². The third-order valence-corrected chi connectivity index (χ3v) is 5.86. The number of ether oxygens (including phenoxy) is 2. The van der Waals surface area contributed by atoms with Crippen LogP contribution in [0, 0.1) is 6.92 Å². The van der Waals surface area contributed by atoms with Crippen LogP contribution in [-0.4, -0.2) is 29.9 Å². The highest BCUT2D eigenvalue weighted by molar-refractivity contribution is 7.80. The lowest BCUT2D eigenvalue weighted by Gasteiger charge is -2.29. The number of hydrogen-bond donors (Lipinski definition) is 2. The number of thiocarbonyl (C=S) groups is 1. The van der Waals surface area contributed by atoms with E-state index < -0.39 is 11.8 Å². The van der Waals surface area contributed by atoms with E-state index in [1.807, 2.05) is 19.1 Å². The number of nitrogens with zero attached hydrogens (tertiary/aromatic N) is 1. The molecule has 0 unspecified atom stereocenters. The largest absolute Gasteiger partial charge is 0.496 e. The van der Waals surface area contributed by atoms with Crippen molar-refractivity contribution in [2.75, 3.05) is 17.3 Å². The first-order valence-corrected chi connectivity index (χ1v) is 11.8. The average Bonchev–Trinajstić information content (AvgIpc) is 2.87. The van der Waals surface area contributed by atoms with Crippen LogP contribution in [0.25, 0.3) is 6.08 Å². The fraction of sp³-hybridized carbons (Fsp3) is 0.143. The minimum Gasteiger partial charge on any atom is -0.496 e. The molecule has 0 atom stereocenters. The van der Waals surface area contributed by atoms with Gasteiger partial charge < -0.3 is 14.8 Å². The summed E-state index contributed by atoms with van der Waals surface area (Å²) in [5.74, 6) is -0.0297. The third kappa shape index (κ3) is 6.02. The van der Waals surface area contributed by atoms with Crippen molar-refractivity contribution in [1.29, 1.82) is 0 Å². The monoisotopic (exact) mass is 515 g/mol. The molecule has 4 rings (SSSR count). The topological polar surface area (TPSA) is 97.0 Å². The summed E-state index contributed by atoms with van der Waals surface area (Å²) in [5, 5.41) is 5.33. The second-order valence-corrected chi connectivity index (χ2v) is 8.75. The molecule has 3 aromatic rings. The number of hydrogen-bond acceptors (Lipinski definition) is 6. The normalized spacial score (nSPS) is 14.4. The van der Waals surface area contributed by atoms with Crippen LogP contribution in [0.2, 0.25) is 0 Å². The molecule has 37 heavy (non-hydrogen) atoms. The Morgan fingerprint density at radius 3 is 2.41 bits per heavy atom. The fourth-order valence-corrected chi connectivity index (χ4v) is 4.03. The number of rotatable bonds is 7. The Bertz CT molecular complexity index is 1400. The summed E-state index contributed by atoms with van der Waals surface area (Å²) in [6.07, 6.45) is 1.52. The van der Waals surface area contributed by atoms with Gasteiger partial charge in [-0.25, -0.2) is 0 Å². The Hall–Kier alpha value is -4.50. The van der Waals surface area contributed by atoms with Gasteiger partial charge in [0.25, 0.3) is 11.8 Å². The van der Waals surface area contributed by atoms with Gasteiger partial charge in [-0.05, 0) is 79.3 Å². The molecule has 1 saturated heterocycles. The molecule has 0 radical (unpaired) electrons. The lowest BCUT2D eigenvalue weighted by atomic mass is 10.0. The second kappa shape index (κ2) is 11.0. The zero-order valence-electron chi connectivity index (χ0n) is 20.5. The molecule has 1 aliphatic heterocycles. The summed E-state index contributed by atoms with van der Waals surface area (Å²) >= 11 is 5.27. The second-order valence-electron chi connectivity index (χ2n) is 8.36. The van der Waals surface area contributed by atoms with Gasteiger partial charge in [0.2, 0.25) is 5.91 Å². The van der Waals surface area contributed by atoms with Gasteiger partial charge in [-0.3, -0.25) is 24.6 Å². The molecule has 8 nitrogen and oxygen atoms in total. The Kier molecular flexibility index (Phi) is 7.64. The Morgan fingerprint density at radius 2 is 1.76 bits per heavy atom. The van der Waals surface area contributed by atoms with Crippen molar-refractivity contribution >= 4 is 52.5 Å². The summed E-state index contributed by atoms with van der Waals surface area (Å²) in [6, 6.07) is 19.6. The van der Waals surface area contributed by atoms with Gasteiger partial charge in [0.15, 0.2) is 5.11 Å². The van der Waals surface area contributed by atoms with Crippen LogP contribution in [0.15, 0.2) is 72.3 Å². The van der Waals surface area contributed by atoms with E-state index in [9.17, 15) is 14.4 Å². The van der Waals surface area contributed by atoms with Crippen molar-refractivity contribution in [2.45, 2.75) is 20.5 Å². The van der Waals surface area contributed by atoms with Crippen molar-refractivity contribution in [3.8, 4) is 11.5 Å². The highest BCUT2D eigenvalue weighted by Gasteiger charge is 2.34. The molecular formula is C28H25N3O5S. The number of methoxy groups -OCH3 is 1. The number of amides is 3. The van der Waals surface area contributed by atoms with Crippen molar-refractivity contribution in [3.05, 3.63) is 89.0 Å². The first-order chi connectivity index (χ1) is 17.7. The molecule has 2 N–H and O–H groups in total. The van der Waals surface area contributed by atoms with Crippen molar-refractivity contribution in [1.82, 2.24) is 5.32 Å². The first kappa shape index (κ1) is 25.6. The molecule has 3 aromatic carbocycles. The fourth-order valence-electron chi connectivity index (χ4n) is 3.75. The lowest BCUT2D eigenvalue weighted by molar-refractivity contribution is -0.122. The summed E-state index contributed by atoms with van der Waals surface area (Å²) in [5.41, 5.74) is 3.57. The molecule has 0 aliphatic carbocycles. The predicted molar refractivity (Wildman–Crippen MR) is 145 cm³/mol. The van der Waals surface area contributed by atoms with Crippen molar-refractivity contribution in [2.24, 2.45) is 0 Å². The molecule has 0 aromatic heterocycles. The minimum atomic E-state index is -0.564. The zero-order chi connectivity index (χ0) is 26.5. The summed E-state index contributed by atoms with van der Waals surface area (Å²) in [6.45, 7) is 3.57. The van der Waals surface area contributed by atoms with Crippen LogP contribution >= 0.6 is 12.2 Å². The zero-order valence-corrected chi connectivity index (χ0v) is 21.3. The Balaban J connectivity index is 1.57. The maximum Gasteiger partial charge on any atom is 0.270 e. The molecule has 9 heteroatoms. The number of carbonyl (C=O) groups is 3. The molecule has 1 fully saturated rings. The van der Waals surface area contributed by atoms with Gasteiger partial charge in [-0.15, -0.1) is 0 Å². The van der Waals surface area contributed by atoms with E-state index in [1.165, 1.54) is 17.9 Å². The highest BCUT2D eigenvalue weighted by Crippen LogP contribution is 2.26. The van der Waals surface area contributed by atoms with Gasteiger partial charge in [0.1, 0.15) is 23.7 Å². The van der Waals surface area contributed by atoms with Crippen molar-refractivity contribution < 1.29 is 23.9 Å². The smallest absolute Gasteiger partial charge is 0.270 e. The first-order valence-electron chi connectivity index (χ1n) is 11.4. The third-order valence-electron chi connectivity index (χ3n) is 5.58. The van der Waals surface area contributed by atoms with Crippen LogP contribution in [0.4, 0.5) is 11.4 Å². The molecule has 1 heterocycles. The summed E-state index contributed by atoms with van der Waals surface area (Å²) < 4.78 is 11.4. The number of nitrogens with one attached hydrogen (secondary N) is 2. The van der Waals surface area contributed by atoms with Gasteiger partial charge in [-0.1, -0.05) is 23.8 Å². The predicted octanol–water partition coefficient (Wildman–Crippen LogP) is 4.37. The average molecular weight is 516 g/mol. The minimum absolute atomic E-state index is 0.0318. The van der Waals surface area contributed by atoms with E-state index in [2.05, 4.69) is 10.6 Å². The molecular weight excluding hydrogens is 490 g/mol. The van der Waals surface area contributed by atoms with E-state index >= 15 is 0 Å². The van der Waals surface area contributed by atoms with E-state index in [4.69, 9.17) is 21.7 Å². The van der Waals surface area contributed by atoms with Gasteiger partial charge in [0.05, 0.1) is 12.8 Å². The van der Waals surface area contributed by atoms with E-state index in [0.29, 0.717) is 28.4 Å². The highest BCUT2D eigenvalue weighted by atomic mass is 32.1. The lowest BCUT2D eigenvalue weighted by Crippen LogP contribution is -2.54.